The number of carbonyl (C=O) groups excluding carboxylic acids is 1. The number of aliphatic imine (C=N–C) groups is 1. The van der Waals surface area contributed by atoms with Crippen molar-refractivity contribution >= 4 is 11.9 Å². The molecule has 2 N–H and O–H groups in total. The molecule has 3 rings (SSSR count). The number of benzene rings is 2. The lowest BCUT2D eigenvalue weighted by Gasteiger charge is -2.15. The Labute approximate surface area is 172 Å². The lowest BCUT2D eigenvalue weighted by molar-refractivity contribution is -0.128. The Morgan fingerprint density at radius 1 is 1.03 bits per heavy atom. The van der Waals surface area contributed by atoms with Gasteiger partial charge in [0.1, 0.15) is 5.82 Å². The number of hydrogen-bond donors (Lipinski definition) is 2. The van der Waals surface area contributed by atoms with Crippen molar-refractivity contribution in [2.24, 2.45) is 4.99 Å². The molecule has 0 bridgehead atoms. The van der Waals surface area contributed by atoms with Crippen LogP contribution in [0.4, 0.5) is 4.39 Å². The summed E-state index contributed by atoms with van der Waals surface area (Å²) in [6.07, 6.45) is 2.44. The van der Waals surface area contributed by atoms with E-state index in [4.69, 9.17) is 0 Å². The van der Waals surface area contributed by atoms with E-state index in [-0.39, 0.29) is 11.7 Å². The number of guanidine groups is 1. The summed E-state index contributed by atoms with van der Waals surface area (Å²) in [5.41, 5.74) is 3.36. The first-order chi connectivity index (χ1) is 14.1. The fourth-order valence-electron chi connectivity index (χ4n) is 3.33. The highest BCUT2D eigenvalue weighted by molar-refractivity contribution is 5.79. The third-order valence-corrected chi connectivity index (χ3v) is 4.95. The second kappa shape index (κ2) is 10.6. The molecule has 0 radical (unpaired) electrons. The van der Waals surface area contributed by atoms with E-state index < -0.39 is 0 Å². The minimum atomic E-state index is -0.213. The Kier molecular flexibility index (Phi) is 7.61. The number of likely N-dealkylation sites (tertiary alicyclic amines) is 1. The maximum absolute atomic E-state index is 13.0. The zero-order valence-electron chi connectivity index (χ0n) is 17.0. The van der Waals surface area contributed by atoms with Crippen molar-refractivity contribution in [3.63, 3.8) is 0 Å². The normalized spacial score (nSPS) is 14.3. The molecular formula is C23H29FN4O. The topological polar surface area (TPSA) is 56.7 Å². The summed E-state index contributed by atoms with van der Waals surface area (Å²) in [5, 5.41) is 6.57. The summed E-state index contributed by atoms with van der Waals surface area (Å²) in [4.78, 5) is 18.3. The zero-order valence-corrected chi connectivity index (χ0v) is 17.0. The number of nitrogens with one attached hydrogen (secondary N) is 2. The van der Waals surface area contributed by atoms with Crippen LogP contribution in [0.1, 0.15) is 36.5 Å². The van der Waals surface area contributed by atoms with Crippen LogP contribution >= 0.6 is 0 Å². The first-order valence-corrected chi connectivity index (χ1v) is 10.3. The molecule has 2 aromatic carbocycles. The zero-order chi connectivity index (χ0) is 20.5. The highest BCUT2D eigenvalue weighted by Gasteiger charge is 2.19. The Morgan fingerprint density at radius 2 is 1.72 bits per heavy atom. The van der Waals surface area contributed by atoms with Crippen LogP contribution in [0.2, 0.25) is 0 Å². The van der Waals surface area contributed by atoms with Gasteiger partial charge in [0.15, 0.2) is 5.96 Å². The van der Waals surface area contributed by atoms with Crippen molar-refractivity contribution in [2.75, 3.05) is 19.6 Å². The molecule has 1 amide bonds. The standard InChI is InChI=1S/C23H29FN4O/c1-2-25-23(26-14-13-18-9-11-21(24)12-10-18)27-16-19-5-7-20(8-6-19)17-28-15-3-4-22(28)29/h5-12H,2-4,13-17H2,1H3,(H2,25,26,27). The highest BCUT2D eigenvalue weighted by Crippen LogP contribution is 2.15. The maximum atomic E-state index is 13.0. The van der Waals surface area contributed by atoms with Crippen molar-refractivity contribution in [3.8, 4) is 0 Å². The SMILES string of the molecule is CCNC(=NCc1ccc(CN2CCCC2=O)cc1)NCCc1ccc(F)cc1. The van der Waals surface area contributed by atoms with E-state index in [0.29, 0.717) is 19.5 Å². The van der Waals surface area contributed by atoms with Crippen molar-refractivity contribution in [1.29, 1.82) is 0 Å². The van der Waals surface area contributed by atoms with Gasteiger partial charge < -0.3 is 15.5 Å². The molecule has 5 nitrogen and oxygen atoms in total. The molecule has 1 fully saturated rings. The summed E-state index contributed by atoms with van der Waals surface area (Å²) in [6, 6.07) is 14.9. The molecule has 0 unspecified atom stereocenters. The Balaban J connectivity index is 1.49. The van der Waals surface area contributed by atoms with Gasteiger partial charge in [-0.1, -0.05) is 36.4 Å². The predicted molar refractivity (Wildman–Crippen MR) is 114 cm³/mol. The van der Waals surface area contributed by atoms with Gasteiger partial charge in [0.25, 0.3) is 0 Å². The van der Waals surface area contributed by atoms with Crippen LogP contribution in [0.3, 0.4) is 0 Å². The molecule has 0 aromatic heterocycles. The Bertz CT molecular complexity index is 818. The lowest BCUT2D eigenvalue weighted by Crippen LogP contribution is -2.38. The van der Waals surface area contributed by atoms with Gasteiger partial charge in [0.05, 0.1) is 6.54 Å². The van der Waals surface area contributed by atoms with Crippen LogP contribution in [0.25, 0.3) is 0 Å². The number of halogens is 1. The molecule has 0 aliphatic carbocycles. The van der Waals surface area contributed by atoms with Gasteiger partial charge in [0, 0.05) is 32.6 Å². The van der Waals surface area contributed by atoms with E-state index in [0.717, 1.165) is 55.1 Å². The van der Waals surface area contributed by atoms with E-state index in [2.05, 4.69) is 39.9 Å². The minimum Gasteiger partial charge on any atom is -0.357 e. The number of nitrogens with zero attached hydrogens (tertiary/aromatic N) is 2. The van der Waals surface area contributed by atoms with Gasteiger partial charge in [-0.3, -0.25) is 4.79 Å². The maximum Gasteiger partial charge on any atom is 0.222 e. The molecule has 1 saturated heterocycles. The van der Waals surface area contributed by atoms with Crippen molar-refractivity contribution in [2.45, 2.75) is 39.3 Å². The summed E-state index contributed by atoms with van der Waals surface area (Å²) < 4.78 is 13.0. The molecule has 1 heterocycles. The molecule has 6 heteroatoms. The van der Waals surface area contributed by atoms with E-state index in [1.807, 2.05) is 11.8 Å². The summed E-state index contributed by atoms with van der Waals surface area (Å²) >= 11 is 0. The van der Waals surface area contributed by atoms with E-state index in [9.17, 15) is 9.18 Å². The fraction of sp³-hybridized carbons (Fsp3) is 0.391. The highest BCUT2D eigenvalue weighted by atomic mass is 19.1. The quantitative estimate of drug-likeness (QED) is 0.532. The van der Waals surface area contributed by atoms with Gasteiger partial charge in [-0.25, -0.2) is 9.38 Å². The Morgan fingerprint density at radius 3 is 2.38 bits per heavy atom. The van der Waals surface area contributed by atoms with Crippen molar-refractivity contribution < 1.29 is 9.18 Å². The molecule has 1 aliphatic rings. The second-order valence-electron chi connectivity index (χ2n) is 7.23. The smallest absolute Gasteiger partial charge is 0.222 e. The molecule has 1 aliphatic heterocycles. The molecule has 0 saturated carbocycles. The molecule has 29 heavy (non-hydrogen) atoms. The number of hydrogen-bond acceptors (Lipinski definition) is 2. The minimum absolute atomic E-state index is 0.213. The van der Waals surface area contributed by atoms with Gasteiger partial charge >= 0.3 is 0 Å². The van der Waals surface area contributed by atoms with Gasteiger partial charge in [0.2, 0.25) is 5.91 Å². The third kappa shape index (κ3) is 6.59. The summed E-state index contributed by atoms with van der Waals surface area (Å²) in [5.74, 6) is 0.802. The first kappa shape index (κ1) is 20.8. The number of amides is 1. The Hall–Kier alpha value is -2.89. The van der Waals surface area contributed by atoms with Crippen LogP contribution < -0.4 is 10.6 Å². The molecule has 0 spiro atoms. The van der Waals surface area contributed by atoms with Crippen LogP contribution in [0, 0.1) is 5.82 Å². The van der Waals surface area contributed by atoms with Crippen molar-refractivity contribution in [1.82, 2.24) is 15.5 Å². The lowest BCUT2D eigenvalue weighted by atomic mass is 10.1. The first-order valence-electron chi connectivity index (χ1n) is 10.3. The van der Waals surface area contributed by atoms with E-state index in [1.165, 1.54) is 12.1 Å². The largest absolute Gasteiger partial charge is 0.357 e. The average molecular weight is 397 g/mol. The average Bonchev–Trinajstić information content (AvgIpc) is 3.13. The number of carbonyl (C=O) groups is 1. The molecule has 0 atom stereocenters. The van der Waals surface area contributed by atoms with Crippen LogP contribution in [0.5, 0.6) is 0 Å². The van der Waals surface area contributed by atoms with Gasteiger partial charge in [-0.15, -0.1) is 0 Å². The van der Waals surface area contributed by atoms with Gasteiger partial charge in [-0.2, -0.15) is 0 Å². The fourth-order valence-corrected chi connectivity index (χ4v) is 3.33. The van der Waals surface area contributed by atoms with Crippen LogP contribution in [-0.2, 0) is 24.3 Å². The summed E-state index contributed by atoms with van der Waals surface area (Å²) in [6.45, 7) is 5.67. The van der Waals surface area contributed by atoms with Crippen LogP contribution in [0.15, 0.2) is 53.5 Å². The summed E-state index contributed by atoms with van der Waals surface area (Å²) in [7, 11) is 0. The number of rotatable bonds is 8. The molecular weight excluding hydrogens is 367 g/mol. The predicted octanol–water partition coefficient (Wildman–Crippen LogP) is 3.25. The third-order valence-electron chi connectivity index (χ3n) is 4.95. The second-order valence-corrected chi connectivity index (χ2v) is 7.23. The molecule has 2 aromatic rings. The van der Waals surface area contributed by atoms with E-state index >= 15 is 0 Å². The molecule has 154 valence electrons. The monoisotopic (exact) mass is 396 g/mol. The van der Waals surface area contributed by atoms with Gasteiger partial charge in [-0.05, 0) is 48.6 Å². The van der Waals surface area contributed by atoms with E-state index in [1.54, 1.807) is 12.1 Å². The van der Waals surface area contributed by atoms with Crippen molar-refractivity contribution in [3.05, 3.63) is 71.0 Å². The van der Waals surface area contributed by atoms with Crippen LogP contribution in [-0.4, -0.2) is 36.4 Å².